The van der Waals surface area contributed by atoms with Crippen LogP contribution in [0.1, 0.15) is 31.2 Å². The monoisotopic (exact) mass is 333 g/mol. The first-order valence-electron chi connectivity index (χ1n) is 8.09. The molecule has 0 radical (unpaired) electrons. The van der Waals surface area contributed by atoms with E-state index < -0.39 is 24.1 Å². The zero-order valence-corrected chi connectivity index (χ0v) is 13.5. The molecular weight excluding hydrogens is 310 g/mol. The van der Waals surface area contributed by atoms with Crippen LogP contribution in [0.25, 0.3) is 0 Å². The van der Waals surface area contributed by atoms with E-state index in [2.05, 4.69) is 5.32 Å². The second-order valence-electron chi connectivity index (χ2n) is 6.02. The number of aryl methyl sites for hydroxylation is 1. The van der Waals surface area contributed by atoms with Gasteiger partial charge in [0.05, 0.1) is 0 Å². The number of hydrogen-bond acceptors (Lipinski definition) is 3. The van der Waals surface area contributed by atoms with Gasteiger partial charge in [0, 0.05) is 19.0 Å². The van der Waals surface area contributed by atoms with Crippen molar-refractivity contribution in [2.24, 2.45) is 5.73 Å². The van der Waals surface area contributed by atoms with Crippen molar-refractivity contribution in [2.45, 2.75) is 44.2 Å². The number of carbonyl (C=O) groups excluding carboxylic acids is 2. The van der Waals surface area contributed by atoms with Gasteiger partial charge in [0.2, 0.25) is 11.8 Å². The summed E-state index contributed by atoms with van der Waals surface area (Å²) in [5.74, 6) is -0.740. The first-order chi connectivity index (χ1) is 11.5. The van der Waals surface area contributed by atoms with E-state index >= 15 is 0 Å². The van der Waals surface area contributed by atoms with Crippen LogP contribution in [0, 0.1) is 0 Å². The topological polar surface area (TPSA) is 113 Å². The minimum atomic E-state index is -1.16. The molecule has 0 unspecified atom stereocenters. The lowest BCUT2D eigenvalue weighted by Gasteiger charge is -2.25. The number of carboxylic acid groups (broad SMARTS) is 1. The normalized spacial score (nSPS) is 18.2. The fourth-order valence-corrected chi connectivity index (χ4v) is 3.07. The molecule has 24 heavy (non-hydrogen) atoms. The van der Waals surface area contributed by atoms with Crippen LogP contribution in [0.5, 0.6) is 0 Å². The van der Waals surface area contributed by atoms with Crippen molar-refractivity contribution >= 4 is 17.9 Å². The molecule has 1 saturated heterocycles. The minimum Gasteiger partial charge on any atom is -0.465 e. The molecule has 1 aliphatic rings. The molecule has 1 aliphatic heterocycles. The number of nitrogens with one attached hydrogen (secondary N) is 1. The molecule has 7 nitrogen and oxygen atoms in total. The van der Waals surface area contributed by atoms with Crippen molar-refractivity contribution in [1.82, 2.24) is 10.2 Å². The molecular formula is C17H23N3O4. The first kappa shape index (κ1) is 17.8. The Kier molecular flexibility index (Phi) is 6.17. The minimum absolute atomic E-state index is 0.0307. The summed E-state index contributed by atoms with van der Waals surface area (Å²) >= 11 is 0. The van der Waals surface area contributed by atoms with Crippen LogP contribution < -0.4 is 11.1 Å². The van der Waals surface area contributed by atoms with Gasteiger partial charge in [-0.3, -0.25) is 9.59 Å². The fourth-order valence-electron chi connectivity index (χ4n) is 3.07. The van der Waals surface area contributed by atoms with Gasteiger partial charge in [-0.2, -0.15) is 0 Å². The second kappa shape index (κ2) is 8.33. The Bertz CT molecular complexity index is 591. The van der Waals surface area contributed by atoms with E-state index in [-0.39, 0.29) is 12.3 Å². The van der Waals surface area contributed by atoms with Crippen LogP contribution in [0.2, 0.25) is 0 Å². The van der Waals surface area contributed by atoms with Crippen molar-refractivity contribution in [2.75, 3.05) is 6.54 Å². The van der Waals surface area contributed by atoms with Crippen LogP contribution >= 0.6 is 0 Å². The predicted molar refractivity (Wildman–Crippen MR) is 88.3 cm³/mol. The molecule has 0 saturated carbocycles. The Hall–Kier alpha value is -2.57. The molecule has 7 heteroatoms. The average Bonchev–Trinajstić information content (AvgIpc) is 3.03. The largest absolute Gasteiger partial charge is 0.465 e. The van der Waals surface area contributed by atoms with Crippen molar-refractivity contribution < 1.29 is 19.5 Å². The number of likely N-dealkylation sites (tertiary alicyclic amines) is 1. The molecule has 0 aromatic heterocycles. The molecule has 2 atom stereocenters. The molecule has 4 N–H and O–H groups in total. The van der Waals surface area contributed by atoms with Crippen LogP contribution in [0.15, 0.2) is 30.3 Å². The Morgan fingerprint density at radius 1 is 1.29 bits per heavy atom. The molecule has 0 bridgehead atoms. The van der Waals surface area contributed by atoms with Crippen LogP contribution in [-0.4, -0.2) is 46.5 Å². The summed E-state index contributed by atoms with van der Waals surface area (Å²) in [6, 6.07) is 8.61. The Morgan fingerprint density at radius 2 is 2.00 bits per heavy atom. The standard InChI is InChI=1S/C17H23N3O4/c18-16(22)14-7-4-10-20(14)15(21)11-13(19-17(23)24)9-8-12-5-2-1-3-6-12/h1-3,5-6,13-14,19H,4,7-11H2,(H2,18,22)(H,23,24)/t13-,14+/m1/s1. The molecule has 2 rings (SSSR count). The van der Waals surface area contributed by atoms with Crippen LogP contribution in [-0.2, 0) is 16.0 Å². The van der Waals surface area contributed by atoms with Gasteiger partial charge in [-0.25, -0.2) is 4.79 Å². The number of carbonyl (C=O) groups is 3. The summed E-state index contributed by atoms with van der Waals surface area (Å²) in [4.78, 5) is 36.3. The predicted octanol–water partition coefficient (Wildman–Crippen LogP) is 1.12. The lowest BCUT2D eigenvalue weighted by atomic mass is 10.0. The Labute approximate surface area is 140 Å². The molecule has 1 heterocycles. The third-order valence-corrected chi connectivity index (χ3v) is 4.27. The van der Waals surface area contributed by atoms with Crippen molar-refractivity contribution in [3.8, 4) is 0 Å². The van der Waals surface area contributed by atoms with Gasteiger partial charge in [0.1, 0.15) is 6.04 Å². The number of nitrogens with two attached hydrogens (primary N) is 1. The van der Waals surface area contributed by atoms with Gasteiger partial charge in [-0.1, -0.05) is 30.3 Å². The highest BCUT2D eigenvalue weighted by atomic mass is 16.4. The number of benzene rings is 1. The van der Waals surface area contributed by atoms with Crippen LogP contribution in [0.4, 0.5) is 4.79 Å². The van der Waals surface area contributed by atoms with Gasteiger partial charge in [-0.05, 0) is 31.2 Å². The van der Waals surface area contributed by atoms with E-state index in [1.807, 2.05) is 30.3 Å². The van der Waals surface area contributed by atoms with E-state index in [0.717, 1.165) is 12.0 Å². The SMILES string of the molecule is NC(=O)[C@@H]1CCCN1C(=O)C[C@@H](CCc1ccccc1)NC(=O)O. The Balaban J connectivity index is 1.96. The van der Waals surface area contributed by atoms with Crippen molar-refractivity contribution in [1.29, 1.82) is 0 Å². The number of amides is 3. The third-order valence-electron chi connectivity index (χ3n) is 4.27. The van der Waals surface area contributed by atoms with Gasteiger partial charge in [-0.15, -0.1) is 0 Å². The summed E-state index contributed by atoms with van der Waals surface area (Å²) in [7, 11) is 0. The lowest BCUT2D eigenvalue weighted by molar-refractivity contribution is -0.137. The number of hydrogen-bond donors (Lipinski definition) is 3. The average molecular weight is 333 g/mol. The highest BCUT2D eigenvalue weighted by molar-refractivity contribution is 5.87. The van der Waals surface area contributed by atoms with Crippen molar-refractivity contribution in [3.63, 3.8) is 0 Å². The van der Waals surface area contributed by atoms with Crippen LogP contribution in [0.3, 0.4) is 0 Å². The molecule has 1 aromatic rings. The van der Waals surface area contributed by atoms with E-state index in [4.69, 9.17) is 10.8 Å². The van der Waals surface area contributed by atoms with Gasteiger partial charge >= 0.3 is 6.09 Å². The fraction of sp³-hybridized carbons (Fsp3) is 0.471. The molecule has 0 spiro atoms. The number of rotatable bonds is 7. The van der Waals surface area contributed by atoms with E-state index in [1.54, 1.807) is 0 Å². The first-order valence-corrected chi connectivity index (χ1v) is 8.09. The maximum absolute atomic E-state index is 12.4. The number of nitrogens with zero attached hydrogens (tertiary/aromatic N) is 1. The summed E-state index contributed by atoms with van der Waals surface area (Å²) in [5, 5.41) is 11.4. The summed E-state index contributed by atoms with van der Waals surface area (Å²) in [6.45, 7) is 0.491. The van der Waals surface area contributed by atoms with Gasteiger partial charge in [0.15, 0.2) is 0 Å². The maximum Gasteiger partial charge on any atom is 0.404 e. The molecule has 1 fully saturated rings. The van der Waals surface area contributed by atoms with E-state index in [0.29, 0.717) is 25.8 Å². The van der Waals surface area contributed by atoms with E-state index in [1.165, 1.54) is 4.90 Å². The molecule has 3 amide bonds. The maximum atomic E-state index is 12.4. The van der Waals surface area contributed by atoms with E-state index in [9.17, 15) is 14.4 Å². The Morgan fingerprint density at radius 3 is 2.62 bits per heavy atom. The van der Waals surface area contributed by atoms with Gasteiger partial charge in [0.25, 0.3) is 0 Å². The molecule has 0 aliphatic carbocycles. The lowest BCUT2D eigenvalue weighted by Crippen LogP contribution is -2.46. The molecule has 130 valence electrons. The summed E-state index contributed by atoms with van der Waals surface area (Å²) in [5.41, 5.74) is 6.41. The second-order valence-corrected chi connectivity index (χ2v) is 6.02. The van der Waals surface area contributed by atoms with Gasteiger partial charge < -0.3 is 21.1 Å². The van der Waals surface area contributed by atoms with Crippen molar-refractivity contribution in [3.05, 3.63) is 35.9 Å². The summed E-state index contributed by atoms with van der Waals surface area (Å²) < 4.78 is 0. The zero-order chi connectivity index (χ0) is 17.5. The highest BCUT2D eigenvalue weighted by Crippen LogP contribution is 2.19. The smallest absolute Gasteiger partial charge is 0.404 e. The summed E-state index contributed by atoms with van der Waals surface area (Å²) in [6.07, 6.45) is 1.36. The molecule has 1 aromatic carbocycles. The number of primary amides is 1. The quantitative estimate of drug-likeness (QED) is 0.694. The third kappa shape index (κ3) is 4.97. The highest BCUT2D eigenvalue weighted by Gasteiger charge is 2.33. The zero-order valence-electron chi connectivity index (χ0n) is 13.5.